The number of carboxylic acid groups (broad SMARTS) is 1. The van der Waals surface area contributed by atoms with E-state index in [-0.39, 0.29) is 24.3 Å². The quantitative estimate of drug-likeness (QED) is 0.436. The van der Waals surface area contributed by atoms with Gasteiger partial charge in [-0.15, -0.1) is 0 Å². The first-order chi connectivity index (χ1) is 9.43. The van der Waals surface area contributed by atoms with Gasteiger partial charge < -0.3 is 9.84 Å². The fraction of sp³-hybridized carbons (Fsp3) is 0.500. The standard InChI is InChI=1S/C14H19NO5/c1-3-10(20-8-13(17)18)5-4-9(2)11-6-7-12(16)15-14(11)19/h4-5,11H,3,6-8H2,1-2H3,(H,17,18)(H,15,16,19)/b9-4+,10-5+. The third-order valence-electron chi connectivity index (χ3n) is 3.05. The van der Waals surface area contributed by atoms with E-state index >= 15 is 0 Å². The van der Waals surface area contributed by atoms with Crippen molar-refractivity contribution in [2.24, 2.45) is 5.92 Å². The van der Waals surface area contributed by atoms with Crippen molar-refractivity contribution in [3.05, 3.63) is 23.5 Å². The molecule has 1 heterocycles. The number of rotatable bonds is 6. The normalized spacial score (nSPS) is 20.6. The number of hydrogen-bond donors (Lipinski definition) is 2. The third-order valence-corrected chi connectivity index (χ3v) is 3.05. The maximum atomic E-state index is 11.7. The van der Waals surface area contributed by atoms with Crippen LogP contribution in [0.4, 0.5) is 0 Å². The van der Waals surface area contributed by atoms with Gasteiger partial charge in [-0.3, -0.25) is 14.9 Å². The van der Waals surface area contributed by atoms with Crippen molar-refractivity contribution in [3.8, 4) is 0 Å². The minimum atomic E-state index is -1.03. The SMILES string of the molecule is CC/C(=C\C=C(/C)C1CCC(=O)NC1=O)OCC(=O)O. The number of piperidine rings is 1. The van der Waals surface area contributed by atoms with Crippen molar-refractivity contribution in [2.75, 3.05) is 6.61 Å². The monoisotopic (exact) mass is 281 g/mol. The first-order valence-corrected chi connectivity index (χ1v) is 6.49. The molecule has 1 aliphatic heterocycles. The summed E-state index contributed by atoms with van der Waals surface area (Å²) >= 11 is 0. The van der Waals surface area contributed by atoms with E-state index in [2.05, 4.69) is 5.32 Å². The average molecular weight is 281 g/mol. The second kappa shape index (κ2) is 7.47. The molecule has 0 aromatic carbocycles. The Morgan fingerprint density at radius 3 is 2.70 bits per heavy atom. The molecule has 0 aliphatic carbocycles. The summed E-state index contributed by atoms with van der Waals surface area (Å²) in [6.45, 7) is 3.27. The highest BCUT2D eigenvalue weighted by atomic mass is 16.5. The molecule has 1 aliphatic rings. The van der Waals surface area contributed by atoms with Crippen LogP contribution in [0.2, 0.25) is 0 Å². The summed E-state index contributed by atoms with van der Waals surface area (Å²) in [6.07, 6.45) is 4.80. The van der Waals surface area contributed by atoms with Gasteiger partial charge in [0, 0.05) is 12.8 Å². The maximum Gasteiger partial charge on any atom is 0.341 e. The Labute approximate surface area is 117 Å². The minimum absolute atomic E-state index is 0.242. The summed E-state index contributed by atoms with van der Waals surface area (Å²) in [5.41, 5.74) is 0.819. The molecule has 0 saturated carbocycles. The molecule has 1 atom stereocenters. The van der Waals surface area contributed by atoms with Crippen molar-refractivity contribution < 1.29 is 24.2 Å². The number of imide groups is 1. The topological polar surface area (TPSA) is 92.7 Å². The number of aliphatic carboxylic acids is 1. The number of allylic oxidation sites excluding steroid dienone is 3. The lowest BCUT2D eigenvalue weighted by Crippen LogP contribution is -2.41. The van der Waals surface area contributed by atoms with E-state index in [0.29, 0.717) is 25.0 Å². The second-order valence-electron chi connectivity index (χ2n) is 4.58. The molecular formula is C14H19NO5. The fourth-order valence-corrected chi connectivity index (χ4v) is 1.89. The van der Waals surface area contributed by atoms with Crippen LogP contribution in [0.15, 0.2) is 23.5 Å². The third kappa shape index (κ3) is 4.87. The molecule has 1 unspecified atom stereocenters. The maximum absolute atomic E-state index is 11.7. The van der Waals surface area contributed by atoms with E-state index < -0.39 is 5.97 Å². The van der Waals surface area contributed by atoms with Crippen molar-refractivity contribution in [3.63, 3.8) is 0 Å². The molecule has 0 aromatic heterocycles. The summed E-state index contributed by atoms with van der Waals surface area (Å²) in [6, 6.07) is 0. The van der Waals surface area contributed by atoms with Gasteiger partial charge in [0.2, 0.25) is 11.8 Å². The van der Waals surface area contributed by atoms with Gasteiger partial charge >= 0.3 is 5.97 Å². The van der Waals surface area contributed by atoms with E-state index in [9.17, 15) is 14.4 Å². The molecule has 0 bridgehead atoms. The van der Waals surface area contributed by atoms with E-state index in [1.54, 1.807) is 19.1 Å². The van der Waals surface area contributed by atoms with Crippen LogP contribution in [0, 0.1) is 5.92 Å². The van der Waals surface area contributed by atoms with Crippen LogP contribution < -0.4 is 5.32 Å². The number of carboxylic acids is 1. The van der Waals surface area contributed by atoms with Crippen LogP contribution in [-0.4, -0.2) is 29.5 Å². The number of nitrogens with one attached hydrogen (secondary N) is 1. The van der Waals surface area contributed by atoms with E-state index in [1.165, 1.54) is 0 Å². The van der Waals surface area contributed by atoms with Crippen LogP contribution in [0.1, 0.15) is 33.1 Å². The van der Waals surface area contributed by atoms with E-state index in [4.69, 9.17) is 9.84 Å². The summed E-state index contributed by atoms with van der Waals surface area (Å²) in [7, 11) is 0. The zero-order chi connectivity index (χ0) is 15.1. The highest BCUT2D eigenvalue weighted by molar-refractivity contribution is 5.99. The van der Waals surface area contributed by atoms with Gasteiger partial charge in [-0.1, -0.05) is 18.6 Å². The number of hydrogen-bond acceptors (Lipinski definition) is 4. The molecule has 6 heteroatoms. The lowest BCUT2D eigenvalue weighted by Gasteiger charge is -2.21. The Morgan fingerprint density at radius 1 is 1.45 bits per heavy atom. The predicted octanol–water partition coefficient (Wildman–Crippen LogP) is 1.38. The molecule has 110 valence electrons. The number of amides is 2. The van der Waals surface area contributed by atoms with Gasteiger partial charge in [-0.05, 0) is 19.4 Å². The Morgan fingerprint density at radius 2 is 2.15 bits per heavy atom. The van der Waals surface area contributed by atoms with Gasteiger partial charge in [-0.25, -0.2) is 4.79 Å². The Kier molecular flexibility index (Phi) is 5.96. The highest BCUT2D eigenvalue weighted by Crippen LogP contribution is 2.21. The Bertz CT molecular complexity index is 464. The smallest absolute Gasteiger partial charge is 0.341 e. The Hall–Kier alpha value is -2.11. The van der Waals surface area contributed by atoms with Crippen LogP contribution in [-0.2, 0) is 19.1 Å². The van der Waals surface area contributed by atoms with Gasteiger partial charge in [0.15, 0.2) is 6.61 Å². The molecule has 0 aromatic rings. The zero-order valence-electron chi connectivity index (χ0n) is 11.6. The van der Waals surface area contributed by atoms with Crippen molar-refractivity contribution in [1.29, 1.82) is 0 Å². The first-order valence-electron chi connectivity index (χ1n) is 6.49. The van der Waals surface area contributed by atoms with Gasteiger partial charge in [0.25, 0.3) is 0 Å². The van der Waals surface area contributed by atoms with E-state index in [0.717, 1.165) is 5.57 Å². The second-order valence-corrected chi connectivity index (χ2v) is 4.58. The zero-order valence-corrected chi connectivity index (χ0v) is 11.6. The summed E-state index contributed by atoms with van der Waals surface area (Å²) in [5, 5.41) is 10.8. The minimum Gasteiger partial charge on any atom is -0.486 e. The highest BCUT2D eigenvalue weighted by Gasteiger charge is 2.27. The van der Waals surface area contributed by atoms with Gasteiger partial charge in [0.05, 0.1) is 11.7 Å². The van der Waals surface area contributed by atoms with E-state index in [1.807, 2.05) is 6.92 Å². The molecule has 20 heavy (non-hydrogen) atoms. The molecule has 1 fully saturated rings. The number of carbonyl (C=O) groups is 3. The lowest BCUT2D eigenvalue weighted by atomic mass is 9.91. The number of ether oxygens (including phenoxy) is 1. The van der Waals surface area contributed by atoms with Crippen LogP contribution >= 0.6 is 0 Å². The van der Waals surface area contributed by atoms with Crippen molar-refractivity contribution in [2.45, 2.75) is 33.1 Å². The van der Waals surface area contributed by atoms with Crippen molar-refractivity contribution in [1.82, 2.24) is 5.32 Å². The van der Waals surface area contributed by atoms with Gasteiger partial charge in [-0.2, -0.15) is 0 Å². The molecule has 2 N–H and O–H groups in total. The van der Waals surface area contributed by atoms with Crippen molar-refractivity contribution >= 4 is 17.8 Å². The first kappa shape index (κ1) is 15.9. The number of carbonyl (C=O) groups excluding carboxylic acids is 2. The largest absolute Gasteiger partial charge is 0.486 e. The van der Waals surface area contributed by atoms with Crippen LogP contribution in [0.25, 0.3) is 0 Å². The van der Waals surface area contributed by atoms with Gasteiger partial charge in [0.1, 0.15) is 0 Å². The molecule has 1 saturated heterocycles. The molecular weight excluding hydrogens is 262 g/mol. The summed E-state index contributed by atoms with van der Waals surface area (Å²) < 4.78 is 5.10. The fourth-order valence-electron chi connectivity index (χ4n) is 1.89. The molecule has 0 spiro atoms. The summed E-state index contributed by atoms with van der Waals surface area (Å²) in [5.74, 6) is -1.34. The molecule has 1 rings (SSSR count). The molecule has 6 nitrogen and oxygen atoms in total. The summed E-state index contributed by atoms with van der Waals surface area (Å²) in [4.78, 5) is 33.2. The Balaban J connectivity index is 2.68. The molecule has 2 amide bonds. The van der Waals surface area contributed by atoms with Crippen LogP contribution in [0.3, 0.4) is 0 Å². The van der Waals surface area contributed by atoms with Crippen LogP contribution in [0.5, 0.6) is 0 Å². The molecule has 0 radical (unpaired) electrons. The predicted molar refractivity (Wildman–Crippen MR) is 71.6 cm³/mol. The lowest BCUT2D eigenvalue weighted by molar-refractivity contribution is -0.141. The average Bonchev–Trinajstić information content (AvgIpc) is 2.38.